The minimum atomic E-state index is -0.523. The van der Waals surface area contributed by atoms with Gasteiger partial charge >= 0.3 is 0 Å². The number of halogens is 1. The van der Waals surface area contributed by atoms with Crippen molar-refractivity contribution in [3.05, 3.63) is 32.8 Å². The Morgan fingerprint density at radius 2 is 2.25 bits per heavy atom. The molecule has 1 aliphatic heterocycles. The maximum absolute atomic E-state index is 12.1. The van der Waals surface area contributed by atoms with Gasteiger partial charge in [-0.1, -0.05) is 18.5 Å². The molecule has 1 aromatic carbocycles. The second kappa shape index (κ2) is 5.76. The smallest absolute Gasteiger partial charge is 0.294 e. The van der Waals surface area contributed by atoms with Gasteiger partial charge in [-0.2, -0.15) is 0 Å². The van der Waals surface area contributed by atoms with E-state index in [0.717, 1.165) is 13.0 Å². The normalized spacial score (nSPS) is 19.1. The third kappa shape index (κ3) is 2.76. The molecule has 20 heavy (non-hydrogen) atoms. The monoisotopic (exact) mass is 297 g/mol. The molecule has 6 nitrogen and oxygen atoms in total. The van der Waals surface area contributed by atoms with Crippen LogP contribution in [0, 0.1) is 10.1 Å². The van der Waals surface area contributed by atoms with E-state index in [1.54, 1.807) is 13.0 Å². The highest BCUT2D eigenvalue weighted by Gasteiger charge is 2.30. The zero-order valence-corrected chi connectivity index (χ0v) is 12.1. The Labute approximate surface area is 121 Å². The summed E-state index contributed by atoms with van der Waals surface area (Å²) in [4.78, 5) is 24.7. The van der Waals surface area contributed by atoms with Crippen molar-refractivity contribution in [1.29, 1.82) is 0 Å². The van der Waals surface area contributed by atoms with Crippen LogP contribution in [0.5, 0.6) is 0 Å². The third-order valence-corrected chi connectivity index (χ3v) is 3.64. The Morgan fingerprint density at radius 1 is 1.55 bits per heavy atom. The van der Waals surface area contributed by atoms with Gasteiger partial charge in [0, 0.05) is 17.6 Å². The van der Waals surface area contributed by atoms with Gasteiger partial charge in [-0.3, -0.25) is 19.8 Å². The molecule has 1 aliphatic rings. The highest BCUT2D eigenvalue weighted by Crippen LogP contribution is 2.35. The van der Waals surface area contributed by atoms with Gasteiger partial charge < -0.3 is 5.32 Å². The van der Waals surface area contributed by atoms with Crippen LogP contribution in [0.3, 0.4) is 0 Å². The van der Waals surface area contributed by atoms with Crippen LogP contribution in [0.25, 0.3) is 0 Å². The van der Waals surface area contributed by atoms with Gasteiger partial charge in [-0.05, 0) is 31.5 Å². The van der Waals surface area contributed by atoms with E-state index in [4.69, 9.17) is 11.6 Å². The highest BCUT2D eigenvalue weighted by molar-refractivity contribution is 6.31. The first-order valence-electron chi connectivity index (χ1n) is 6.45. The maximum atomic E-state index is 12.1. The van der Waals surface area contributed by atoms with Gasteiger partial charge in [-0.15, -0.1) is 0 Å². The second-order valence-corrected chi connectivity index (χ2v) is 5.29. The second-order valence-electron chi connectivity index (χ2n) is 4.85. The van der Waals surface area contributed by atoms with E-state index in [-0.39, 0.29) is 23.3 Å². The summed E-state index contributed by atoms with van der Waals surface area (Å²) in [7, 11) is 0. The molecule has 0 bridgehead atoms. The first-order chi connectivity index (χ1) is 9.43. The van der Waals surface area contributed by atoms with Crippen LogP contribution in [0.4, 0.5) is 11.4 Å². The predicted molar refractivity (Wildman–Crippen MR) is 76.9 cm³/mol. The van der Waals surface area contributed by atoms with E-state index in [2.05, 4.69) is 5.32 Å². The lowest BCUT2D eigenvalue weighted by Gasteiger charge is -2.24. The molecule has 2 rings (SSSR count). The lowest BCUT2D eigenvalue weighted by molar-refractivity contribution is -0.384. The molecule has 1 unspecified atom stereocenters. The fraction of sp³-hybridized carbons (Fsp3) is 0.462. The van der Waals surface area contributed by atoms with E-state index in [1.165, 1.54) is 6.07 Å². The van der Waals surface area contributed by atoms with Crippen LogP contribution in [0.15, 0.2) is 12.1 Å². The number of nitro benzene ring substituents is 1. The average Bonchev–Trinajstić information content (AvgIpc) is 2.49. The molecule has 0 fully saturated rings. The number of nitrogens with one attached hydrogen (secondary N) is 1. The Balaban J connectivity index is 2.52. The average molecular weight is 298 g/mol. The molecule has 1 N–H and O–H groups in total. The first kappa shape index (κ1) is 14.7. The van der Waals surface area contributed by atoms with Gasteiger partial charge in [0.1, 0.15) is 5.69 Å². The lowest BCUT2D eigenvalue weighted by atomic mass is 10.1. The topological polar surface area (TPSA) is 75.5 Å². The summed E-state index contributed by atoms with van der Waals surface area (Å²) in [5.41, 5.74) is 0.775. The van der Waals surface area contributed by atoms with E-state index in [9.17, 15) is 14.9 Å². The third-order valence-electron chi connectivity index (χ3n) is 3.42. The van der Waals surface area contributed by atoms with Crippen molar-refractivity contribution in [2.45, 2.75) is 32.9 Å². The predicted octanol–water partition coefficient (Wildman–Crippen LogP) is 2.80. The van der Waals surface area contributed by atoms with Crippen molar-refractivity contribution in [1.82, 2.24) is 4.90 Å². The molecule has 0 aliphatic carbocycles. The molecule has 0 radical (unpaired) electrons. The Bertz CT molecular complexity index is 562. The van der Waals surface area contributed by atoms with Crippen LogP contribution in [-0.2, 0) is 11.3 Å². The maximum Gasteiger partial charge on any atom is 0.294 e. The number of carbonyl (C=O) groups is 1. The van der Waals surface area contributed by atoms with Crippen LogP contribution in [0.1, 0.15) is 25.8 Å². The number of carbonyl (C=O) groups excluding carboxylic acids is 1. The molecule has 0 saturated carbocycles. The molecule has 108 valence electrons. The summed E-state index contributed by atoms with van der Waals surface area (Å²) >= 11 is 5.94. The molecule has 7 heteroatoms. The Hall–Kier alpha value is -1.66. The summed E-state index contributed by atoms with van der Waals surface area (Å²) in [5.74, 6) is -0.234. The SMILES string of the molecule is CCCN1Cc2cc(Cl)cc([N+](=O)[O-])c2NC(=O)C1C. The number of anilines is 1. The first-order valence-corrected chi connectivity index (χ1v) is 6.83. The number of hydrogen-bond acceptors (Lipinski definition) is 4. The van der Waals surface area contributed by atoms with Crippen LogP contribution in [-0.4, -0.2) is 28.3 Å². The molecule has 0 aromatic heterocycles. The van der Waals surface area contributed by atoms with Crippen molar-refractivity contribution in [3.8, 4) is 0 Å². The molecule has 1 amide bonds. The van der Waals surface area contributed by atoms with Crippen molar-refractivity contribution in [3.63, 3.8) is 0 Å². The quantitative estimate of drug-likeness (QED) is 0.687. The van der Waals surface area contributed by atoms with Crippen LogP contribution >= 0.6 is 11.6 Å². The number of nitrogens with zero attached hydrogens (tertiary/aromatic N) is 2. The minimum absolute atomic E-state index is 0.161. The molecule has 1 aromatic rings. The minimum Gasteiger partial charge on any atom is -0.319 e. The van der Waals surface area contributed by atoms with E-state index in [1.807, 2.05) is 11.8 Å². The Morgan fingerprint density at radius 3 is 2.85 bits per heavy atom. The number of nitro groups is 1. The fourth-order valence-corrected chi connectivity index (χ4v) is 2.60. The lowest BCUT2D eigenvalue weighted by Crippen LogP contribution is -2.39. The zero-order chi connectivity index (χ0) is 14.9. The summed E-state index contributed by atoms with van der Waals surface area (Å²) in [6, 6.07) is 2.60. The van der Waals surface area contributed by atoms with Gasteiger partial charge in [0.15, 0.2) is 0 Å². The van der Waals surface area contributed by atoms with E-state index in [0.29, 0.717) is 17.1 Å². The van der Waals surface area contributed by atoms with E-state index >= 15 is 0 Å². The molecule has 1 atom stereocenters. The number of benzene rings is 1. The summed E-state index contributed by atoms with van der Waals surface area (Å²) in [6.07, 6.45) is 0.898. The fourth-order valence-electron chi connectivity index (χ4n) is 2.37. The summed E-state index contributed by atoms with van der Waals surface area (Å²) in [6.45, 7) is 5.03. The number of fused-ring (bicyclic) bond motifs is 1. The van der Waals surface area contributed by atoms with Crippen molar-refractivity contribution < 1.29 is 9.72 Å². The summed E-state index contributed by atoms with van der Waals surface area (Å²) < 4.78 is 0. The van der Waals surface area contributed by atoms with Crippen LogP contribution < -0.4 is 5.32 Å². The van der Waals surface area contributed by atoms with Crippen LogP contribution in [0.2, 0.25) is 5.02 Å². The highest BCUT2D eigenvalue weighted by atomic mass is 35.5. The molecular weight excluding hydrogens is 282 g/mol. The molecule has 1 heterocycles. The largest absolute Gasteiger partial charge is 0.319 e. The number of rotatable bonds is 3. The molecule has 0 spiro atoms. The van der Waals surface area contributed by atoms with Gasteiger partial charge in [0.2, 0.25) is 5.91 Å². The Kier molecular flexibility index (Phi) is 4.25. The number of amides is 1. The van der Waals surface area contributed by atoms with Gasteiger partial charge in [0.25, 0.3) is 5.69 Å². The zero-order valence-electron chi connectivity index (χ0n) is 11.4. The molecular formula is C13H16ClN3O3. The van der Waals surface area contributed by atoms with Gasteiger partial charge in [0.05, 0.1) is 11.0 Å². The summed E-state index contributed by atoms with van der Waals surface area (Å²) in [5, 5.41) is 14.1. The van der Waals surface area contributed by atoms with Crippen molar-refractivity contribution in [2.75, 3.05) is 11.9 Å². The molecule has 0 saturated heterocycles. The van der Waals surface area contributed by atoms with Crippen molar-refractivity contribution >= 4 is 28.9 Å². The van der Waals surface area contributed by atoms with E-state index < -0.39 is 4.92 Å². The number of hydrogen-bond donors (Lipinski definition) is 1. The standard InChI is InChI=1S/C13H16ClN3O3/c1-3-4-16-7-9-5-10(14)6-11(17(19)20)12(9)15-13(18)8(16)2/h5-6,8H,3-4,7H2,1-2H3,(H,15,18). The van der Waals surface area contributed by atoms with Crippen molar-refractivity contribution in [2.24, 2.45) is 0 Å². The van der Waals surface area contributed by atoms with Gasteiger partial charge in [-0.25, -0.2) is 0 Å².